The molecule has 6 heteroatoms. The van der Waals surface area contributed by atoms with Gasteiger partial charge in [0.1, 0.15) is 0 Å². The summed E-state index contributed by atoms with van der Waals surface area (Å²) in [6, 6.07) is 0. The second kappa shape index (κ2) is 5.97. The minimum absolute atomic E-state index is 0.128. The molecule has 1 aliphatic rings. The van der Waals surface area contributed by atoms with Gasteiger partial charge in [-0.25, -0.2) is 4.98 Å². The third-order valence-electron chi connectivity index (χ3n) is 3.11. The van der Waals surface area contributed by atoms with Crippen molar-refractivity contribution >= 4 is 29.3 Å². The Hall–Kier alpha value is -1.69. The van der Waals surface area contributed by atoms with Crippen molar-refractivity contribution in [2.75, 3.05) is 13.1 Å². The Morgan fingerprint density at radius 1 is 1.58 bits per heavy atom. The number of nitrogens with zero attached hydrogens (tertiary/aromatic N) is 2. The van der Waals surface area contributed by atoms with E-state index in [0.29, 0.717) is 19.5 Å². The summed E-state index contributed by atoms with van der Waals surface area (Å²) >= 11 is 1.52. The highest BCUT2D eigenvalue weighted by Crippen LogP contribution is 2.18. The van der Waals surface area contributed by atoms with Crippen molar-refractivity contribution in [1.29, 1.82) is 0 Å². The number of thiazole rings is 1. The molecule has 19 heavy (non-hydrogen) atoms. The van der Waals surface area contributed by atoms with Crippen molar-refractivity contribution in [3.63, 3.8) is 0 Å². The highest BCUT2D eigenvalue weighted by atomic mass is 32.1. The predicted octanol–water partition coefficient (Wildman–Crippen LogP) is 1.79. The first-order valence-corrected chi connectivity index (χ1v) is 7.00. The fourth-order valence-corrected chi connectivity index (χ4v) is 2.78. The molecule has 1 saturated heterocycles. The average Bonchev–Trinajstić information content (AvgIpc) is 2.82. The summed E-state index contributed by atoms with van der Waals surface area (Å²) in [6.07, 6.45) is 6.35. The average molecular weight is 280 g/mol. The van der Waals surface area contributed by atoms with Crippen LogP contribution in [0.25, 0.3) is 6.08 Å². The lowest BCUT2D eigenvalue weighted by atomic mass is 9.98. The van der Waals surface area contributed by atoms with Gasteiger partial charge in [-0.2, -0.15) is 0 Å². The van der Waals surface area contributed by atoms with Crippen LogP contribution >= 0.6 is 11.3 Å². The normalized spacial score (nSPS) is 19.8. The van der Waals surface area contributed by atoms with E-state index in [-0.39, 0.29) is 5.91 Å². The molecule has 0 aliphatic carbocycles. The van der Waals surface area contributed by atoms with Crippen LogP contribution in [0, 0.1) is 12.8 Å². The maximum absolute atomic E-state index is 12.0. The summed E-state index contributed by atoms with van der Waals surface area (Å²) in [5.41, 5.74) is 0. The summed E-state index contributed by atoms with van der Waals surface area (Å²) in [5.74, 6) is -1.38. The number of rotatable bonds is 3. The van der Waals surface area contributed by atoms with Crippen molar-refractivity contribution in [3.05, 3.63) is 22.2 Å². The van der Waals surface area contributed by atoms with Gasteiger partial charge in [0.15, 0.2) is 0 Å². The molecule has 1 N–H and O–H groups in total. The minimum Gasteiger partial charge on any atom is -0.481 e. The number of piperidine rings is 1. The Bertz CT molecular complexity index is 510. The Kier molecular flexibility index (Phi) is 4.31. The number of hydrogen-bond acceptors (Lipinski definition) is 4. The van der Waals surface area contributed by atoms with Gasteiger partial charge in [0, 0.05) is 30.2 Å². The number of aliphatic carboxylic acids is 1. The predicted molar refractivity (Wildman–Crippen MR) is 72.8 cm³/mol. The van der Waals surface area contributed by atoms with Crippen molar-refractivity contribution in [3.8, 4) is 0 Å². The van der Waals surface area contributed by atoms with Gasteiger partial charge in [-0.1, -0.05) is 0 Å². The molecule has 2 heterocycles. The molecule has 1 aromatic rings. The number of likely N-dealkylation sites (tertiary alicyclic amines) is 1. The van der Waals surface area contributed by atoms with Crippen LogP contribution in [-0.2, 0) is 9.59 Å². The van der Waals surface area contributed by atoms with Crippen LogP contribution in [-0.4, -0.2) is 40.0 Å². The van der Waals surface area contributed by atoms with Gasteiger partial charge in [0.25, 0.3) is 0 Å². The van der Waals surface area contributed by atoms with Crippen molar-refractivity contribution in [1.82, 2.24) is 9.88 Å². The van der Waals surface area contributed by atoms with Crippen LogP contribution in [0.3, 0.4) is 0 Å². The Morgan fingerprint density at radius 2 is 2.37 bits per heavy atom. The Labute approximate surface area is 115 Å². The number of aromatic nitrogens is 1. The highest BCUT2D eigenvalue weighted by molar-refractivity contribution is 7.12. The lowest BCUT2D eigenvalue weighted by molar-refractivity contribution is -0.144. The Morgan fingerprint density at radius 3 is 3.00 bits per heavy atom. The van der Waals surface area contributed by atoms with E-state index >= 15 is 0 Å². The molecule has 0 aromatic carbocycles. The fourth-order valence-electron chi connectivity index (χ4n) is 2.09. The van der Waals surface area contributed by atoms with Gasteiger partial charge in [-0.15, -0.1) is 11.3 Å². The molecule has 1 amide bonds. The smallest absolute Gasteiger partial charge is 0.308 e. The van der Waals surface area contributed by atoms with Gasteiger partial charge in [-0.3, -0.25) is 9.59 Å². The molecule has 1 fully saturated rings. The van der Waals surface area contributed by atoms with E-state index in [2.05, 4.69) is 4.98 Å². The monoisotopic (exact) mass is 280 g/mol. The second-order valence-electron chi connectivity index (χ2n) is 4.58. The molecular weight excluding hydrogens is 264 g/mol. The topological polar surface area (TPSA) is 70.5 Å². The second-order valence-corrected chi connectivity index (χ2v) is 5.84. The summed E-state index contributed by atoms with van der Waals surface area (Å²) < 4.78 is 0. The van der Waals surface area contributed by atoms with Gasteiger partial charge in [0.05, 0.1) is 10.9 Å². The van der Waals surface area contributed by atoms with Crippen molar-refractivity contribution in [2.24, 2.45) is 5.92 Å². The highest BCUT2D eigenvalue weighted by Gasteiger charge is 2.27. The minimum atomic E-state index is -0.820. The van der Waals surface area contributed by atoms with Crippen LogP contribution in [0.4, 0.5) is 0 Å². The lowest BCUT2D eigenvalue weighted by Gasteiger charge is -2.29. The third kappa shape index (κ3) is 3.64. The van der Waals surface area contributed by atoms with E-state index in [1.165, 1.54) is 17.4 Å². The maximum atomic E-state index is 12.0. The summed E-state index contributed by atoms with van der Waals surface area (Å²) in [4.78, 5) is 29.6. The van der Waals surface area contributed by atoms with E-state index in [1.807, 2.05) is 6.92 Å². The van der Waals surface area contributed by atoms with E-state index < -0.39 is 11.9 Å². The van der Waals surface area contributed by atoms with E-state index in [4.69, 9.17) is 5.11 Å². The zero-order chi connectivity index (χ0) is 13.8. The van der Waals surface area contributed by atoms with Gasteiger partial charge in [-0.05, 0) is 25.8 Å². The van der Waals surface area contributed by atoms with Crippen molar-refractivity contribution < 1.29 is 14.7 Å². The maximum Gasteiger partial charge on any atom is 0.308 e. The molecule has 0 radical (unpaired) electrons. The summed E-state index contributed by atoms with van der Waals surface area (Å²) in [5, 5.41) is 9.94. The molecule has 1 unspecified atom stereocenters. The number of carbonyl (C=O) groups excluding carboxylic acids is 1. The zero-order valence-electron chi connectivity index (χ0n) is 10.7. The number of amides is 1. The van der Waals surface area contributed by atoms with Gasteiger partial charge in [0.2, 0.25) is 5.91 Å². The molecule has 0 saturated carbocycles. The van der Waals surface area contributed by atoms with E-state index in [9.17, 15) is 9.59 Å². The van der Waals surface area contributed by atoms with Crippen molar-refractivity contribution in [2.45, 2.75) is 19.8 Å². The number of aryl methyl sites for hydroxylation is 1. The zero-order valence-corrected chi connectivity index (χ0v) is 11.5. The molecule has 1 aromatic heterocycles. The number of carboxylic acids is 1. The molecule has 1 aliphatic heterocycles. The first-order valence-electron chi connectivity index (χ1n) is 6.18. The van der Waals surface area contributed by atoms with Gasteiger partial charge < -0.3 is 10.0 Å². The molecule has 1 atom stereocenters. The third-order valence-corrected chi connectivity index (χ3v) is 3.99. The molecule has 5 nitrogen and oxygen atoms in total. The molecule has 2 rings (SSSR count). The van der Waals surface area contributed by atoms with E-state index in [0.717, 1.165) is 16.3 Å². The lowest BCUT2D eigenvalue weighted by Crippen LogP contribution is -2.41. The number of carbonyl (C=O) groups is 2. The van der Waals surface area contributed by atoms with Gasteiger partial charge >= 0.3 is 5.97 Å². The molecule has 102 valence electrons. The first kappa shape index (κ1) is 13.7. The summed E-state index contributed by atoms with van der Waals surface area (Å²) in [6.45, 7) is 2.85. The van der Waals surface area contributed by atoms with Crippen LogP contribution in [0.1, 0.15) is 22.7 Å². The Balaban J connectivity index is 1.96. The fraction of sp³-hybridized carbons (Fsp3) is 0.462. The first-order chi connectivity index (χ1) is 9.06. The van der Waals surface area contributed by atoms with Crippen LogP contribution in [0.5, 0.6) is 0 Å². The summed E-state index contributed by atoms with van der Waals surface area (Å²) in [7, 11) is 0. The number of carboxylic acid groups (broad SMARTS) is 1. The standard InChI is InChI=1S/C13H16N2O3S/c1-9-14-7-11(19-9)4-5-12(16)15-6-2-3-10(8-15)13(17)18/h4-5,7,10H,2-3,6,8H2,1H3,(H,17,18)/b5-4+. The quantitative estimate of drug-likeness (QED) is 0.857. The number of hydrogen-bond donors (Lipinski definition) is 1. The van der Waals surface area contributed by atoms with E-state index in [1.54, 1.807) is 17.2 Å². The SMILES string of the molecule is Cc1ncc(/C=C/C(=O)N2CCCC(C(=O)O)C2)s1. The largest absolute Gasteiger partial charge is 0.481 e. The van der Waals surface area contributed by atoms with Crippen LogP contribution < -0.4 is 0 Å². The molecule has 0 spiro atoms. The molecular formula is C13H16N2O3S. The van der Waals surface area contributed by atoms with Crippen LogP contribution in [0.15, 0.2) is 12.3 Å². The van der Waals surface area contributed by atoms with Crippen LogP contribution in [0.2, 0.25) is 0 Å². The molecule has 0 bridgehead atoms.